The van der Waals surface area contributed by atoms with E-state index in [1.807, 2.05) is 17.8 Å². The monoisotopic (exact) mass is 309 g/mol. The van der Waals surface area contributed by atoms with Crippen LogP contribution in [0.2, 0.25) is 0 Å². The number of thioether (sulfide) groups is 1. The number of hydrogen-bond acceptors (Lipinski definition) is 4. The summed E-state index contributed by atoms with van der Waals surface area (Å²) in [5.41, 5.74) is 1.28. The number of ether oxygens (including phenoxy) is 2. The molecule has 1 atom stereocenters. The van der Waals surface area contributed by atoms with Crippen LogP contribution in [0, 0.1) is 0 Å². The van der Waals surface area contributed by atoms with Crippen LogP contribution in [0.25, 0.3) is 0 Å². The van der Waals surface area contributed by atoms with Gasteiger partial charge in [-0.2, -0.15) is 11.8 Å². The fourth-order valence-corrected chi connectivity index (χ4v) is 3.18. The lowest BCUT2D eigenvalue weighted by Crippen LogP contribution is -2.26. The van der Waals surface area contributed by atoms with E-state index in [4.69, 9.17) is 9.47 Å². The van der Waals surface area contributed by atoms with Crippen LogP contribution in [0.4, 0.5) is 0 Å². The van der Waals surface area contributed by atoms with E-state index >= 15 is 0 Å². The highest BCUT2D eigenvalue weighted by Crippen LogP contribution is 2.35. The molecule has 0 spiro atoms. The highest BCUT2D eigenvalue weighted by molar-refractivity contribution is 8.00. The third-order valence-electron chi connectivity index (χ3n) is 3.29. The summed E-state index contributed by atoms with van der Waals surface area (Å²) >= 11 is 1.99. The summed E-state index contributed by atoms with van der Waals surface area (Å²) in [5, 5.41) is 3.65. The molecule has 0 fully saturated rings. The zero-order chi connectivity index (χ0) is 15.3. The minimum atomic E-state index is 0.278. The standard InChI is InChI=1S/C17H27NO2S/c1-5-8-18-14(12-21-17(2,3)4)13-6-7-15-16(11-13)20-10-9-19-15/h6-7,11,14,18H,5,8-10,12H2,1-4H3. The molecule has 1 aromatic carbocycles. The predicted molar refractivity (Wildman–Crippen MR) is 90.7 cm³/mol. The van der Waals surface area contributed by atoms with Crippen LogP contribution in [0.1, 0.15) is 45.7 Å². The molecular formula is C17H27NO2S. The Kier molecular flexibility index (Phi) is 5.82. The first kappa shape index (κ1) is 16.5. The van der Waals surface area contributed by atoms with E-state index in [1.54, 1.807) is 0 Å². The van der Waals surface area contributed by atoms with Crippen molar-refractivity contribution in [2.75, 3.05) is 25.5 Å². The van der Waals surface area contributed by atoms with Crippen LogP contribution in [0.3, 0.4) is 0 Å². The van der Waals surface area contributed by atoms with Crippen molar-refractivity contribution < 1.29 is 9.47 Å². The highest BCUT2D eigenvalue weighted by atomic mass is 32.2. The zero-order valence-corrected chi connectivity index (χ0v) is 14.4. The highest BCUT2D eigenvalue weighted by Gasteiger charge is 2.19. The van der Waals surface area contributed by atoms with Crippen LogP contribution in [-0.2, 0) is 0 Å². The van der Waals surface area contributed by atoms with E-state index in [9.17, 15) is 0 Å². The first-order chi connectivity index (χ1) is 9.99. The van der Waals surface area contributed by atoms with Crippen LogP contribution >= 0.6 is 11.8 Å². The SMILES string of the molecule is CCCNC(CSC(C)(C)C)c1ccc2c(c1)OCCO2. The fraction of sp³-hybridized carbons (Fsp3) is 0.647. The van der Waals surface area contributed by atoms with E-state index in [-0.39, 0.29) is 4.75 Å². The van der Waals surface area contributed by atoms with Crippen molar-refractivity contribution in [3.63, 3.8) is 0 Å². The molecule has 1 unspecified atom stereocenters. The molecule has 1 aliphatic heterocycles. The normalized spacial score (nSPS) is 15.8. The van der Waals surface area contributed by atoms with Crippen LogP contribution < -0.4 is 14.8 Å². The third-order valence-corrected chi connectivity index (χ3v) is 4.66. The Hall–Kier alpha value is -0.870. The summed E-state index contributed by atoms with van der Waals surface area (Å²) in [4.78, 5) is 0. The van der Waals surface area contributed by atoms with Gasteiger partial charge in [0.25, 0.3) is 0 Å². The van der Waals surface area contributed by atoms with Gasteiger partial charge in [-0.15, -0.1) is 0 Å². The molecule has 0 aliphatic carbocycles. The van der Waals surface area contributed by atoms with Crippen molar-refractivity contribution in [2.24, 2.45) is 0 Å². The molecular weight excluding hydrogens is 282 g/mol. The van der Waals surface area contributed by atoms with Gasteiger partial charge in [0.2, 0.25) is 0 Å². The molecule has 0 radical (unpaired) electrons. The molecule has 118 valence electrons. The number of benzene rings is 1. The van der Waals surface area contributed by atoms with E-state index in [1.165, 1.54) is 5.56 Å². The number of rotatable bonds is 6. The van der Waals surface area contributed by atoms with E-state index in [0.717, 1.165) is 30.2 Å². The molecule has 1 heterocycles. The second-order valence-electron chi connectivity index (χ2n) is 6.33. The topological polar surface area (TPSA) is 30.5 Å². The second-order valence-corrected chi connectivity index (χ2v) is 8.18. The zero-order valence-electron chi connectivity index (χ0n) is 13.6. The molecule has 0 saturated heterocycles. The quantitative estimate of drug-likeness (QED) is 0.859. The molecule has 1 aromatic rings. The molecule has 2 rings (SSSR count). The van der Waals surface area contributed by atoms with Gasteiger partial charge in [-0.05, 0) is 30.7 Å². The van der Waals surface area contributed by atoms with E-state index in [0.29, 0.717) is 19.3 Å². The third kappa shape index (κ3) is 5.11. The summed E-state index contributed by atoms with van der Waals surface area (Å²) in [7, 11) is 0. The predicted octanol–water partition coefficient (Wildman–Crippen LogP) is 4.03. The van der Waals surface area contributed by atoms with Gasteiger partial charge in [0.1, 0.15) is 13.2 Å². The van der Waals surface area contributed by atoms with Crippen molar-refractivity contribution in [2.45, 2.75) is 44.9 Å². The average molecular weight is 309 g/mol. The van der Waals surface area contributed by atoms with E-state index in [2.05, 4.69) is 45.1 Å². The Morgan fingerprint density at radius 1 is 1.19 bits per heavy atom. The largest absolute Gasteiger partial charge is 0.486 e. The second kappa shape index (κ2) is 7.41. The smallest absolute Gasteiger partial charge is 0.161 e. The summed E-state index contributed by atoms with van der Waals surface area (Å²) in [6.07, 6.45) is 1.14. The minimum Gasteiger partial charge on any atom is -0.486 e. The Morgan fingerprint density at radius 3 is 2.57 bits per heavy atom. The van der Waals surface area contributed by atoms with Crippen LogP contribution in [0.15, 0.2) is 18.2 Å². The summed E-state index contributed by atoms with van der Waals surface area (Å²) in [5.74, 6) is 2.80. The van der Waals surface area contributed by atoms with Gasteiger partial charge in [0, 0.05) is 16.5 Å². The van der Waals surface area contributed by atoms with Gasteiger partial charge in [-0.3, -0.25) is 0 Å². The molecule has 21 heavy (non-hydrogen) atoms. The lowest BCUT2D eigenvalue weighted by molar-refractivity contribution is 0.171. The van der Waals surface area contributed by atoms with E-state index < -0.39 is 0 Å². The van der Waals surface area contributed by atoms with Crippen molar-refractivity contribution in [3.05, 3.63) is 23.8 Å². The lowest BCUT2D eigenvalue weighted by atomic mass is 10.1. The lowest BCUT2D eigenvalue weighted by Gasteiger charge is -2.26. The number of hydrogen-bond donors (Lipinski definition) is 1. The van der Waals surface area contributed by atoms with Crippen LogP contribution in [0.5, 0.6) is 11.5 Å². The van der Waals surface area contributed by atoms with Gasteiger partial charge in [-0.1, -0.05) is 33.8 Å². The molecule has 0 amide bonds. The maximum absolute atomic E-state index is 5.70. The summed E-state index contributed by atoms with van der Waals surface area (Å²) in [6.45, 7) is 11.3. The Balaban J connectivity index is 2.11. The Bertz CT molecular complexity index is 457. The van der Waals surface area contributed by atoms with Crippen molar-refractivity contribution in [1.82, 2.24) is 5.32 Å². The Labute approximate surface area is 132 Å². The maximum Gasteiger partial charge on any atom is 0.161 e. The van der Waals surface area contributed by atoms with Gasteiger partial charge < -0.3 is 14.8 Å². The molecule has 0 aromatic heterocycles. The maximum atomic E-state index is 5.70. The molecule has 1 N–H and O–H groups in total. The summed E-state index contributed by atoms with van der Waals surface area (Å²) < 4.78 is 11.6. The number of nitrogens with one attached hydrogen (secondary N) is 1. The first-order valence-corrected chi connectivity index (χ1v) is 8.75. The molecule has 0 bridgehead atoms. The number of fused-ring (bicyclic) bond motifs is 1. The fourth-order valence-electron chi connectivity index (χ4n) is 2.20. The van der Waals surface area contributed by atoms with Crippen molar-refractivity contribution >= 4 is 11.8 Å². The van der Waals surface area contributed by atoms with Gasteiger partial charge in [0.05, 0.1) is 0 Å². The molecule has 1 aliphatic rings. The minimum absolute atomic E-state index is 0.278. The molecule has 3 nitrogen and oxygen atoms in total. The van der Waals surface area contributed by atoms with Gasteiger partial charge in [-0.25, -0.2) is 0 Å². The average Bonchev–Trinajstić information content (AvgIpc) is 2.46. The summed E-state index contributed by atoms with van der Waals surface area (Å²) in [6, 6.07) is 6.67. The van der Waals surface area contributed by atoms with Crippen LogP contribution in [-0.4, -0.2) is 30.3 Å². The molecule has 4 heteroatoms. The van der Waals surface area contributed by atoms with Gasteiger partial charge >= 0.3 is 0 Å². The first-order valence-electron chi connectivity index (χ1n) is 7.76. The Morgan fingerprint density at radius 2 is 1.90 bits per heavy atom. The van der Waals surface area contributed by atoms with Crippen molar-refractivity contribution in [1.29, 1.82) is 0 Å². The van der Waals surface area contributed by atoms with Gasteiger partial charge in [0.15, 0.2) is 11.5 Å². The van der Waals surface area contributed by atoms with Crippen molar-refractivity contribution in [3.8, 4) is 11.5 Å². The molecule has 0 saturated carbocycles.